The predicted octanol–water partition coefficient (Wildman–Crippen LogP) is 4.63. The monoisotopic (exact) mass is 327 g/mol. The zero-order chi connectivity index (χ0) is 16.2. The van der Waals surface area contributed by atoms with E-state index in [1.54, 1.807) is 23.9 Å². The summed E-state index contributed by atoms with van der Waals surface area (Å²) in [4.78, 5) is 0. The Hall–Kier alpha value is -2.14. The molecule has 0 amide bonds. The van der Waals surface area contributed by atoms with Gasteiger partial charge in [-0.2, -0.15) is 0 Å². The van der Waals surface area contributed by atoms with Crippen molar-refractivity contribution in [1.82, 2.24) is 14.8 Å². The van der Waals surface area contributed by atoms with E-state index in [1.165, 1.54) is 17.7 Å². The molecule has 3 nitrogen and oxygen atoms in total. The number of halogens is 1. The summed E-state index contributed by atoms with van der Waals surface area (Å²) in [6.45, 7) is 4.95. The highest BCUT2D eigenvalue weighted by atomic mass is 32.2. The zero-order valence-electron chi connectivity index (χ0n) is 13.1. The summed E-state index contributed by atoms with van der Waals surface area (Å²) in [7, 11) is 0. The minimum absolute atomic E-state index is 0.250. The van der Waals surface area contributed by atoms with Crippen LogP contribution in [0, 0.1) is 5.82 Å². The second-order valence-corrected chi connectivity index (χ2v) is 7.10. The van der Waals surface area contributed by atoms with Gasteiger partial charge in [0.05, 0.1) is 6.54 Å². The van der Waals surface area contributed by atoms with Gasteiger partial charge in [-0.15, -0.1) is 10.2 Å². The summed E-state index contributed by atoms with van der Waals surface area (Å²) in [6, 6.07) is 16.6. The van der Waals surface area contributed by atoms with Gasteiger partial charge in [0, 0.05) is 10.8 Å². The second kappa shape index (κ2) is 6.96. The van der Waals surface area contributed by atoms with Crippen LogP contribution in [0.1, 0.15) is 19.4 Å². The highest BCUT2D eigenvalue weighted by Gasteiger charge is 2.16. The molecule has 0 saturated carbocycles. The Morgan fingerprint density at radius 2 is 1.70 bits per heavy atom. The van der Waals surface area contributed by atoms with E-state index in [-0.39, 0.29) is 5.82 Å². The van der Waals surface area contributed by atoms with Crippen molar-refractivity contribution in [3.05, 3.63) is 66.0 Å². The molecule has 3 aromatic rings. The van der Waals surface area contributed by atoms with Gasteiger partial charge in [-0.3, -0.25) is 4.57 Å². The van der Waals surface area contributed by atoms with Crippen LogP contribution in [0.25, 0.3) is 11.4 Å². The van der Waals surface area contributed by atoms with Gasteiger partial charge in [-0.05, 0) is 29.8 Å². The number of thioether (sulfide) groups is 1. The van der Waals surface area contributed by atoms with E-state index in [2.05, 4.69) is 40.7 Å². The van der Waals surface area contributed by atoms with Gasteiger partial charge in [0.2, 0.25) is 0 Å². The molecule has 1 heterocycles. The minimum atomic E-state index is -0.250. The molecule has 5 heteroatoms. The van der Waals surface area contributed by atoms with Gasteiger partial charge in [0.25, 0.3) is 0 Å². The first-order chi connectivity index (χ1) is 11.1. The van der Waals surface area contributed by atoms with Crippen LogP contribution in [0.3, 0.4) is 0 Å². The Labute approximate surface area is 139 Å². The van der Waals surface area contributed by atoms with Crippen LogP contribution in [0.2, 0.25) is 0 Å². The molecule has 0 atom stereocenters. The molecule has 3 rings (SSSR count). The minimum Gasteiger partial charge on any atom is -0.298 e. The lowest BCUT2D eigenvalue weighted by Crippen LogP contribution is -2.05. The molecule has 0 saturated heterocycles. The lowest BCUT2D eigenvalue weighted by molar-refractivity contribution is 0.628. The predicted molar refractivity (Wildman–Crippen MR) is 92.0 cm³/mol. The smallest absolute Gasteiger partial charge is 0.192 e. The van der Waals surface area contributed by atoms with Gasteiger partial charge in [0.1, 0.15) is 5.82 Å². The van der Waals surface area contributed by atoms with E-state index in [0.29, 0.717) is 11.8 Å². The topological polar surface area (TPSA) is 30.7 Å². The summed E-state index contributed by atoms with van der Waals surface area (Å²) in [5, 5.41) is 9.96. The van der Waals surface area contributed by atoms with Gasteiger partial charge in [-0.1, -0.05) is 55.9 Å². The average molecular weight is 327 g/mol. The van der Waals surface area contributed by atoms with Crippen molar-refractivity contribution in [3.8, 4) is 11.4 Å². The van der Waals surface area contributed by atoms with Crippen molar-refractivity contribution in [2.45, 2.75) is 30.8 Å². The van der Waals surface area contributed by atoms with Crippen LogP contribution in [-0.4, -0.2) is 20.0 Å². The summed E-state index contributed by atoms with van der Waals surface area (Å²) in [6.07, 6.45) is 0. The number of nitrogens with zero attached hydrogens (tertiary/aromatic N) is 3. The summed E-state index contributed by atoms with van der Waals surface area (Å²) < 4.78 is 15.3. The number of benzene rings is 2. The van der Waals surface area contributed by atoms with E-state index in [0.717, 1.165) is 16.5 Å². The zero-order valence-corrected chi connectivity index (χ0v) is 13.9. The molecule has 0 unspecified atom stereocenters. The fourth-order valence-corrected chi connectivity index (χ4v) is 3.10. The molecule has 0 aliphatic carbocycles. The number of rotatable bonds is 5. The molecule has 0 N–H and O–H groups in total. The van der Waals surface area contributed by atoms with Gasteiger partial charge < -0.3 is 0 Å². The Bertz CT molecular complexity index is 767. The molecular weight excluding hydrogens is 309 g/mol. The lowest BCUT2D eigenvalue weighted by atomic mass is 10.2. The Morgan fingerprint density at radius 1 is 1.00 bits per heavy atom. The third-order valence-corrected chi connectivity index (χ3v) is 4.33. The molecule has 0 spiro atoms. The van der Waals surface area contributed by atoms with Gasteiger partial charge in [0.15, 0.2) is 11.0 Å². The van der Waals surface area contributed by atoms with Crippen LogP contribution in [0.4, 0.5) is 4.39 Å². The van der Waals surface area contributed by atoms with E-state index in [4.69, 9.17) is 0 Å². The molecular formula is C18H18FN3S. The Balaban J connectivity index is 2.02. The fraction of sp³-hybridized carbons (Fsp3) is 0.222. The lowest BCUT2D eigenvalue weighted by Gasteiger charge is -2.11. The standard InChI is InChI=1S/C18H18FN3S/c1-13(2)23-18-21-20-17(15-8-10-16(19)11-9-15)22(18)12-14-6-4-3-5-7-14/h3-11,13H,12H2,1-2H3. The Kier molecular flexibility index (Phi) is 4.76. The molecule has 0 radical (unpaired) electrons. The van der Waals surface area contributed by atoms with Crippen molar-refractivity contribution >= 4 is 11.8 Å². The van der Waals surface area contributed by atoms with Crippen LogP contribution in [0.15, 0.2) is 59.8 Å². The van der Waals surface area contributed by atoms with Crippen molar-refractivity contribution in [3.63, 3.8) is 0 Å². The van der Waals surface area contributed by atoms with E-state index in [1.807, 2.05) is 18.2 Å². The maximum Gasteiger partial charge on any atom is 0.192 e. The van der Waals surface area contributed by atoms with E-state index < -0.39 is 0 Å². The number of hydrogen-bond donors (Lipinski definition) is 0. The first kappa shape index (κ1) is 15.7. The molecule has 2 aromatic carbocycles. The highest BCUT2D eigenvalue weighted by molar-refractivity contribution is 7.99. The third-order valence-electron chi connectivity index (χ3n) is 3.34. The molecule has 0 aliphatic heterocycles. The van der Waals surface area contributed by atoms with Crippen molar-refractivity contribution in [2.75, 3.05) is 0 Å². The molecule has 1 aromatic heterocycles. The maximum atomic E-state index is 13.2. The van der Waals surface area contributed by atoms with Crippen LogP contribution in [0.5, 0.6) is 0 Å². The van der Waals surface area contributed by atoms with Crippen LogP contribution in [-0.2, 0) is 6.54 Å². The maximum absolute atomic E-state index is 13.2. The third kappa shape index (κ3) is 3.79. The molecule has 0 bridgehead atoms. The highest BCUT2D eigenvalue weighted by Crippen LogP contribution is 2.27. The quantitative estimate of drug-likeness (QED) is 0.640. The second-order valence-electron chi connectivity index (χ2n) is 5.55. The average Bonchev–Trinajstić information content (AvgIpc) is 2.91. The number of aromatic nitrogens is 3. The Morgan fingerprint density at radius 3 is 2.35 bits per heavy atom. The fourth-order valence-electron chi connectivity index (χ4n) is 2.31. The SMILES string of the molecule is CC(C)Sc1nnc(-c2ccc(F)cc2)n1Cc1ccccc1. The molecule has 0 fully saturated rings. The van der Waals surface area contributed by atoms with Crippen molar-refractivity contribution in [1.29, 1.82) is 0 Å². The van der Waals surface area contributed by atoms with Gasteiger partial charge in [-0.25, -0.2) is 4.39 Å². The molecule has 23 heavy (non-hydrogen) atoms. The number of hydrogen-bond acceptors (Lipinski definition) is 3. The van der Waals surface area contributed by atoms with Crippen molar-refractivity contribution < 1.29 is 4.39 Å². The van der Waals surface area contributed by atoms with Crippen LogP contribution < -0.4 is 0 Å². The summed E-state index contributed by atoms with van der Waals surface area (Å²) >= 11 is 1.68. The largest absolute Gasteiger partial charge is 0.298 e. The van der Waals surface area contributed by atoms with Crippen molar-refractivity contribution in [2.24, 2.45) is 0 Å². The van der Waals surface area contributed by atoms with E-state index >= 15 is 0 Å². The van der Waals surface area contributed by atoms with Crippen LogP contribution >= 0.6 is 11.8 Å². The molecule has 0 aliphatic rings. The summed E-state index contributed by atoms with van der Waals surface area (Å²) in [5.74, 6) is 0.511. The normalized spacial score (nSPS) is 11.1. The van der Waals surface area contributed by atoms with Gasteiger partial charge >= 0.3 is 0 Å². The first-order valence-electron chi connectivity index (χ1n) is 7.53. The molecule has 118 valence electrons. The first-order valence-corrected chi connectivity index (χ1v) is 8.41. The summed E-state index contributed by atoms with van der Waals surface area (Å²) in [5.41, 5.74) is 2.05. The van der Waals surface area contributed by atoms with E-state index in [9.17, 15) is 4.39 Å².